The van der Waals surface area contributed by atoms with E-state index in [-0.39, 0.29) is 18.8 Å². The molecule has 2 amide bonds. The van der Waals surface area contributed by atoms with Crippen LogP contribution in [0.15, 0.2) is 34.4 Å². The molecular formula is C12H10BrClN2O3. The number of nitrogens with zero attached hydrogens (tertiary/aromatic N) is 1. The van der Waals surface area contributed by atoms with E-state index in [4.69, 9.17) is 16.7 Å². The van der Waals surface area contributed by atoms with Gasteiger partial charge in [0.05, 0.1) is 13.2 Å². The van der Waals surface area contributed by atoms with E-state index in [1.54, 1.807) is 18.2 Å². The zero-order valence-corrected chi connectivity index (χ0v) is 12.0. The number of amides is 2. The van der Waals surface area contributed by atoms with Crippen LogP contribution in [0.5, 0.6) is 0 Å². The molecule has 0 radical (unpaired) electrons. The normalized spacial score (nSPS) is 14.9. The monoisotopic (exact) mass is 344 g/mol. The molecule has 1 aliphatic rings. The highest BCUT2D eigenvalue weighted by molar-refractivity contribution is 9.10. The minimum absolute atomic E-state index is 0.0153. The number of hydrogen-bond acceptors (Lipinski definition) is 4. The molecule has 0 bridgehead atoms. The number of carbonyl (C=O) groups excluding carboxylic acids is 2. The smallest absolute Gasteiger partial charge is 0.277 e. The second-order valence-electron chi connectivity index (χ2n) is 3.86. The van der Waals surface area contributed by atoms with Gasteiger partial charge in [0.2, 0.25) is 0 Å². The van der Waals surface area contributed by atoms with Gasteiger partial charge in [0, 0.05) is 21.3 Å². The number of nitrogens with one attached hydrogen (secondary N) is 1. The van der Waals surface area contributed by atoms with Crippen molar-refractivity contribution in [2.24, 2.45) is 0 Å². The third-order valence-corrected chi connectivity index (χ3v) is 3.15. The van der Waals surface area contributed by atoms with Gasteiger partial charge in [-0.25, -0.2) is 0 Å². The molecule has 2 rings (SSSR count). The van der Waals surface area contributed by atoms with Crippen molar-refractivity contribution in [1.29, 1.82) is 0 Å². The number of anilines is 1. The maximum atomic E-state index is 11.9. The zero-order chi connectivity index (χ0) is 14.0. The summed E-state index contributed by atoms with van der Waals surface area (Å²) >= 11 is 9.18. The predicted molar refractivity (Wildman–Crippen MR) is 74.7 cm³/mol. The number of benzene rings is 1. The van der Waals surface area contributed by atoms with Crippen molar-refractivity contribution in [2.75, 3.05) is 18.5 Å². The van der Waals surface area contributed by atoms with E-state index in [0.29, 0.717) is 10.7 Å². The quantitative estimate of drug-likeness (QED) is 0.816. The van der Waals surface area contributed by atoms with Gasteiger partial charge in [-0.1, -0.05) is 27.5 Å². The summed E-state index contributed by atoms with van der Waals surface area (Å²) in [5, 5.41) is 12.1. The summed E-state index contributed by atoms with van der Waals surface area (Å²) in [5.41, 5.74) is 0.755. The standard InChI is InChI=1S/C12H10BrClN2O3/c13-7-3-8(14)5-9(4-7)15-10-6-11(18)16(1-2-17)12(10)19/h3-6,15,17H,1-2H2. The lowest BCUT2D eigenvalue weighted by Crippen LogP contribution is -2.34. The Morgan fingerprint density at radius 2 is 2.05 bits per heavy atom. The van der Waals surface area contributed by atoms with Crippen LogP contribution < -0.4 is 5.32 Å². The zero-order valence-electron chi connectivity index (χ0n) is 9.69. The molecule has 0 atom stereocenters. The number of rotatable bonds is 4. The first-order chi connectivity index (χ1) is 9.01. The van der Waals surface area contributed by atoms with Crippen molar-refractivity contribution in [2.45, 2.75) is 0 Å². The lowest BCUT2D eigenvalue weighted by atomic mass is 10.3. The van der Waals surface area contributed by atoms with Gasteiger partial charge in [0.1, 0.15) is 5.70 Å². The van der Waals surface area contributed by atoms with Crippen molar-refractivity contribution in [1.82, 2.24) is 4.90 Å². The highest BCUT2D eigenvalue weighted by atomic mass is 79.9. The number of β-amino-alcohol motifs (C(OH)–C–C–N with tert-alkyl or cyclic N) is 1. The van der Waals surface area contributed by atoms with Gasteiger partial charge in [0.25, 0.3) is 11.8 Å². The van der Waals surface area contributed by atoms with Gasteiger partial charge >= 0.3 is 0 Å². The Labute approximate surface area is 123 Å². The number of imide groups is 1. The summed E-state index contributed by atoms with van der Waals surface area (Å²) in [6.07, 6.45) is 1.20. The fourth-order valence-corrected chi connectivity index (χ4v) is 2.55. The molecule has 1 aliphatic heterocycles. The SMILES string of the molecule is O=C1C=C(Nc2cc(Cl)cc(Br)c2)C(=O)N1CCO. The molecule has 1 heterocycles. The Hall–Kier alpha value is -1.37. The average molecular weight is 346 g/mol. The minimum Gasteiger partial charge on any atom is -0.395 e. The lowest BCUT2D eigenvalue weighted by molar-refractivity contribution is -0.137. The molecular weight excluding hydrogens is 336 g/mol. The summed E-state index contributed by atoms with van der Waals surface area (Å²) in [4.78, 5) is 24.4. The van der Waals surface area contributed by atoms with Crippen molar-refractivity contribution in [3.63, 3.8) is 0 Å². The minimum atomic E-state index is -0.463. The first-order valence-corrected chi connectivity index (χ1v) is 6.60. The van der Waals surface area contributed by atoms with Crippen molar-refractivity contribution >= 4 is 45.0 Å². The third kappa shape index (κ3) is 3.15. The number of aliphatic hydroxyl groups is 1. The Balaban J connectivity index is 2.18. The molecule has 7 heteroatoms. The number of halogens is 2. The van der Waals surface area contributed by atoms with Crippen LogP contribution in [0.4, 0.5) is 5.69 Å². The summed E-state index contributed by atoms with van der Waals surface area (Å²) in [6, 6.07) is 5.08. The maximum absolute atomic E-state index is 11.9. The molecule has 1 aromatic carbocycles. The summed E-state index contributed by atoms with van der Waals surface area (Å²) in [7, 11) is 0. The van der Waals surface area contributed by atoms with Gasteiger partial charge in [-0.2, -0.15) is 0 Å². The molecule has 5 nitrogen and oxygen atoms in total. The molecule has 0 unspecified atom stereocenters. The van der Waals surface area contributed by atoms with E-state index in [0.717, 1.165) is 9.37 Å². The van der Waals surface area contributed by atoms with E-state index in [9.17, 15) is 9.59 Å². The summed E-state index contributed by atoms with van der Waals surface area (Å²) in [5.74, 6) is -0.905. The second kappa shape index (κ2) is 5.73. The summed E-state index contributed by atoms with van der Waals surface area (Å²) in [6.45, 7) is -0.278. The third-order valence-electron chi connectivity index (χ3n) is 2.47. The van der Waals surface area contributed by atoms with E-state index >= 15 is 0 Å². The van der Waals surface area contributed by atoms with Crippen molar-refractivity contribution in [3.8, 4) is 0 Å². The Morgan fingerprint density at radius 3 is 2.68 bits per heavy atom. The van der Waals surface area contributed by atoms with Crippen LogP contribution in [0.2, 0.25) is 5.02 Å². The van der Waals surface area contributed by atoms with E-state index in [2.05, 4.69) is 21.2 Å². The van der Waals surface area contributed by atoms with E-state index < -0.39 is 11.8 Å². The predicted octanol–water partition coefficient (Wildman–Crippen LogP) is 1.76. The largest absolute Gasteiger partial charge is 0.395 e. The summed E-state index contributed by atoms with van der Waals surface area (Å²) < 4.78 is 0.757. The fraction of sp³-hybridized carbons (Fsp3) is 0.167. The molecule has 100 valence electrons. The molecule has 0 aromatic heterocycles. The van der Waals surface area contributed by atoms with Crippen LogP contribution in [-0.4, -0.2) is 35.0 Å². The highest BCUT2D eigenvalue weighted by Crippen LogP contribution is 2.25. The van der Waals surface area contributed by atoms with Crippen LogP contribution >= 0.6 is 27.5 Å². The first kappa shape index (κ1) is 14.0. The first-order valence-electron chi connectivity index (χ1n) is 5.43. The van der Waals surface area contributed by atoms with Crippen molar-refractivity contribution in [3.05, 3.63) is 39.5 Å². The Bertz CT molecular complexity index is 554. The van der Waals surface area contributed by atoms with Crippen LogP contribution in [0.3, 0.4) is 0 Å². The molecule has 0 fully saturated rings. The van der Waals surface area contributed by atoms with Crippen LogP contribution in [0.25, 0.3) is 0 Å². The number of hydrogen-bond donors (Lipinski definition) is 2. The van der Waals surface area contributed by atoms with Gasteiger partial charge in [-0.15, -0.1) is 0 Å². The van der Waals surface area contributed by atoms with Gasteiger partial charge < -0.3 is 10.4 Å². The Kier molecular flexibility index (Phi) is 4.24. The molecule has 0 saturated carbocycles. The molecule has 1 aromatic rings. The molecule has 0 spiro atoms. The second-order valence-corrected chi connectivity index (χ2v) is 5.21. The molecule has 19 heavy (non-hydrogen) atoms. The van der Waals surface area contributed by atoms with Gasteiger partial charge in [-0.05, 0) is 18.2 Å². The van der Waals surface area contributed by atoms with Crippen LogP contribution in [0.1, 0.15) is 0 Å². The topological polar surface area (TPSA) is 69.6 Å². The van der Waals surface area contributed by atoms with Gasteiger partial charge in [0.15, 0.2) is 0 Å². The van der Waals surface area contributed by atoms with E-state index in [1.165, 1.54) is 6.08 Å². The van der Waals surface area contributed by atoms with Gasteiger partial charge in [-0.3, -0.25) is 14.5 Å². The number of carbonyl (C=O) groups is 2. The average Bonchev–Trinajstić information content (AvgIpc) is 2.56. The number of aliphatic hydroxyl groups excluding tert-OH is 1. The Morgan fingerprint density at radius 1 is 1.32 bits per heavy atom. The van der Waals surface area contributed by atoms with E-state index in [1.807, 2.05) is 0 Å². The molecule has 0 saturated heterocycles. The highest BCUT2D eigenvalue weighted by Gasteiger charge is 2.30. The molecule has 2 N–H and O–H groups in total. The van der Waals surface area contributed by atoms with Crippen LogP contribution in [0, 0.1) is 0 Å². The van der Waals surface area contributed by atoms with Crippen LogP contribution in [-0.2, 0) is 9.59 Å². The van der Waals surface area contributed by atoms with Crippen molar-refractivity contribution < 1.29 is 14.7 Å². The molecule has 0 aliphatic carbocycles. The maximum Gasteiger partial charge on any atom is 0.277 e. The lowest BCUT2D eigenvalue weighted by Gasteiger charge is -2.13. The fourth-order valence-electron chi connectivity index (χ4n) is 1.69.